The molecule has 1 N–H and O–H groups in total. The van der Waals surface area contributed by atoms with Crippen LogP contribution in [0.15, 0.2) is 24.3 Å². The largest absolute Gasteiger partial charge is 0.456 e. The Morgan fingerprint density at radius 2 is 1.83 bits per heavy atom. The maximum Gasteiger partial charge on any atom is 0.138 e. The van der Waals surface area contributed by atoms with Crippen molar-refractivity contribution in [2.24, 2.45) is 0 Å². The lowest BCUT2D eigenvalue weighted by Crippen LogP contribution is -2.22. The summed E-state index contributed by atoms with van der Waals surface area (Å²) in [6, 6.07) is 8.76. The van der Waals surface area contributed by atoms with Crippen LogP contribution in [-0.2, 0) is 0 Å². The predicted molar refractivity (Wildman–Crippen MR) is 98.8 cm³/mol. The summed E-state index contributed by atoms with van der Waals surface area (Å²) in [5.74, 6) is 1.95. The maximum atomic E-state index is 6.34. The number of hydrogen-bond acceptors (Lipinski definition) is 2. The van der Waals surface area contributed by atoms with Gasteiger partial charge in [-0.1, -0.05) is 17.7 Å². The molecule has 1 aliphatic heterocycles. The summed E-state index contributed by atoms with van der Waals surface area (Å²) in [7, 11) is 0. The zero-order valence-corrected chi connectivity index (χ0v) is 14.9. The first-order valence-corrected chi connectivity index (χ1v) is 8.28. The van der Waals surface area contributed by atoms with Gasteiger partial charge in [-0.25, -0.2) is 0 Å². The first-order valence-electron chi connectivity index (χ1n) is 8.28. The highest BCUT2D eigenvalue weighted by Crippen LogP contribution is 2.37. The van der Waals surface area contributed by atoms with E-state index in [1.807, 2.05) is 0 Å². The highest BCUT2D eigenvalue weighted by molar-refractivity contribution is 5.77. The topological polar surface area (TPSA) is 21.3 Å². The molecule has 0 bridgehead atoms. The molecule has 0 aromatic heterocycles. The van der Waals surface area contributed by atoms with Crippen LogP contribution in [0.4, 0.5) is 5.69 Å². The second-order valence-corrected chi connectivity index (χ2v) is 6.54. The number of rotatable bonds is 2. The number of benzene rings is 2. The minimum Gasteiger partial charge on any atom is -0.456 e. The zero-order valence-electron chi connectivity index (χ0n) is 14.9. The lowest BCUT2D eigenvalue weighted by molar-refractivity contribution is 0.467. The molecule has 0 spiro atoms. The normalized spacial score (nSPS) is 12.3. The molecule has 0 unspecified atom stereocenters. The van der Waals surface area contributed by atoms with Gasteiger partial charge in [-0.2, -0.15) is 0 Å². The highest BCUT2D eigenvalue weighted by atomic mass is 16.5. The van der Waals surface area contributed by atoms with E-state index in [9.17, 15) is 0 Å². The number of anilines is 1. The zero-order chi connectivity index (χ0) is 16.7. The van der Waals surface area contributed by atoms with Gasteiger partial charge in [-0.15, -0.1) is 0 Å². The van der Waals surface area contributed by atoms with Crippen LogP contribution < -0.4 is 20.5 Å². The maximum absolute atomic E-state index is 6.34. The first kappa shape index (κ1) is 15.7. The van der Waals surface area contributed by atoms with Crippen molar-refractivity contribution in [3.8, 4) is 11.5 Å². The van der Waals surface area contributed by atoms with Crippen LogP contribution >= 0.6 is 0 Å². The summed E-state index contributed by atoms with van der Waals surface area (Å²) in [6.45, 7) is 13.8. The molecule has 2 heteroatoms. The van der Waals surface area contributed by atoms with Gasteiger partial charge >= 0.3 is 0 Å². The molecule has 0 amide bonds. The first-order chi connectivity index (χ1) is 10.9. The van der Waals surface area contributed by atoms with Crippen LogP contribution in [0.1, 0.15) is 44.4 Å². The van der Waals surface area contributed by atoms with Crippen LogP contribution in [-0.4, -0.2) is 6.54 Å². The van der Waals surface area contributed by atoms with E-state index < -0.39 is 0 Å². The van der Waals surface area contributed by atoms with Gasteiger partial charge in [-0.3, -0.25) is 0 Å². The van der Waals surface area contributed by atoms with E-state index >= 15 is 0 Å². The van der Waals surface area contributed by atoms with E-state index in [4.69, 9.17) is 4.74 Å². The van der Waals surface area contributed by atoms with Crippen molar-refractivity contribution in [1.29, 1.82) is 0 Å². The summed E-state index contributed by atoms with van der Waals surface area (Å²) in [5, 5.41) is 5.90. The third kappa shape index (κ3) is 2.52. The highest BCUT2D eigenvalue weighted by Gasteiger charge is 2.19. The van der Waals surface area contributed by atoms with Crippen LogP contribution in [0, 0.1) is 13.8 Å². The van der Waals surface area contributed by atoms with E-state index in [1.165, 1.54) is 38.3 Å². The molecule has 2 nitrogen and oxygen atoms in total. The van der Waals surface area contributed by atoms with E-state index in [-0.39, 0.29) is 0 Å². The molecule has 2 aromatic rings. The smallest absolute Gasteiger partial charge is 0.138 e. The summed E-state index contributed by atoms with van der Waals surface area (Å²) in [5.41, 5.74) is 7.42. The van der Waals surface area contributed by atoms with E-state index in [0.717, 1.165) is 23.7 Å². The van der Waals surface area contributed by atoms with Crippen molar-refractivity contribution in [2.45, 2.75) is 41.5 Å². The molecule has 0 radical (unpaired) electrons. The minimum atomic E-state index is 0.909. The van der Waals surface area contributed by atoms with E-state index in [2.05, 4.69) is 71.1 Å². The summed E-state index contributed by atoms with van der Waals surface area (Å²) in [6.07, 6.45) is 0. The Bertz CT molecular complexity index is 902. The standard InChI is InChI=1S/C21H25NO/c1-7-22-19-11-20-18(10-13(19)4)14(5)17-9-8-16(12(2)3)15(6)21(17)23-20/h8-11,22H,7H2,1-6H3. The van der Waals surface area contributed by atoms with Crippen molar-refractivity contribution in [1.82, 2.24) is 0 Å². The van der Waals surface area contributed by atoms with Crippen molar-refractivity contribution >= 4 is 16.8 Å². The molecular weight excluding hydrogens is 282 g/mol. The Hall–Kier alpha value is -2.22. The van der Waals surface area contributed by atoms with Crippen LogP contribution in [0.3, 0.4) is 0 Å². The molecule has 23 heavy (non-hydrogen) atoms. The van der Waals surface area contributed by atoms with Gasteiger partial charge in [0.2, 0.25) is 0 Å². The molecule has 2 aromatic carbocycles. The summed E-state index contributed by atoms with van der Waals surface area (Å²) < 4.78 is 6.34. The monoisotopic (exact) mass is 307 g/mol. The Kier molecular flexibility index (Phi) is 3.93. The Morgan fingerprint density at radius 1 is 1.09 bits per heavy atom. The third-order valence-electron chi connectivity index (χ3n) is 4.66. The van der Waals surface area contributed by atoms with Gasteiger partial charge in [0.15, 0.2) is 0 Å². The molecule has 3 rings (SSSR count). The molecule has 0 atom stereocenters. The fourth-order valence-electron chi connectivity index (χ4n) is 3.36. The van der Waals surface area contributed by atoms with Crippen molar-refractivity contribution in [2.75, 3.05) is 11.9 Å². The molecule has 0 fully saturated rings. The number of hydrogen-bond donors (Lipinski definition) is 1. The lowest BCUT2D eigenvalue weighted by atomic mass is 9.95. The van der Waals surface area contributed by atoms with Gasteiger partial charge in [0.1, 0.15) is 11.5 Å². The van der Waals surface area contributed by atoms with Crippen molar-refractivity contribution in [3.63, 3.8) is 0 Å². The second kappa shape index (κ2) is 5.77. The lowest BCUT2D eigenvalue weighted by Gasteiger charge is -2.22. The number of ether oxygens (including phenoxy) is 1. The summed E-state index contributed by atoms with van der Waals surface area (Å²) in [4.78, 5) is 0. The van der Waals surface area contributed by atoms with Crippen LogP contribution in [0.25, 0.3) is 11.1 Å². The number of aryl methyl sites for hydroxylation is 1. The molecule has 1 heterocycles. The molecular formula is C21H25NO. The molecule has 0 saturated carbocycles. The van der Waals surface area contributed by atoms with Gasteiger partial charge in [0.05, 0.1) is 0 Å². The molecule has 120 valence electrons. The molecule has 1 aliphatic rings. The number of nitrogens with one attached hydrogen (secondary N) is 1. The van der Waals surface area contributed by atoms with Gasteiger partial charge < -0.3 is 10.1 Å². The van der Waals surface area contributed by atoms with Crippen molar-refractivity contribution < 1.29 is 4.74 Å². The van der Waals surface area contributed by atoms with Gasteiger partial charge in [-0.05, 0) is 69.5 Å². The van der Waals surface area contributed by atoms with E-state index in [1.54, 1.807) is 0 Å². The van der Waals surface area contributed by atoms with Gasteiger partial charge in [0.25, 0.3) is 0 Å². The Morgan fingerprint density at radius 3 is 2.48 bits per heavy atom. The second-order valence-electron chi connectivity index (χ2n) is 6.54. The predicted octanol–water partition coefficient (Wildman–Crippen LogP) is 4.25. The van der Waals surface area contributed by atoms with Gasteiger partial charge in [0, 0.05) is 29.1 Å². The fourth-order valence-corrected chi connectivity index (χ4v) is 3.36. The minimum absolute atomic E-state index is 0.909. The quantitative estimate of drug-likeness (QED) is 0.895. The number of fused-ring (bicyclic) bond motifs is 2. The average Bonchev–Trinajstić information content (AvgIpc) is 2.50. The SMILES string of the molecule is CCNc1cc2c(cc1C)C(C)=c1ccc(=C(C)C)c(C)c1O2. The van der Waals surface area contributed by atoms with Crippen LogP contribution in [0.5, 0.6) is 11.5 Å². The Balaban J connectivity index is 2.30. The van der Waals surface area contributed by atoms with Crippen molar-refractivity contribution in [3.05, 3.63) is 51.4 Å². The summed E-state index contributed by atoms with van der Waals surface area (Å²) >= 11 is 0. The Labute approximate surface area is 138 Å². The molecule has 0 saturated heterocycles. The van der Waals surface area contributed by atoms with Crippen LogP contribution in [0.2, 0.25) is 0 Å². The molecule has 0 aliphatic carbocycles. The third-order valence-corrected chi connectivity index (χ3v) is 4.66. The fraction of sp³-hybridized carbons (Fsp3) is 0.333. The van der Waals surface area contributed by atoms with E-state index in [0.29, 0.717) is 0 Å². The average molecular weight is 307 g/mol.